The molecule has 0 aromatic heterocycles. The molecule has 0 aliphatic rings. The first-order valence-corrected chi connectivity index (χ1v) is 6.72. The van der Waals surface area contributed by atoms with Gasteiger partial charge in [-0.3, -0.25) is 4.21 Å². The van der Waals surface area contributed by atoms with Gasteiger partial charge in [-0.05, 0) is 25.7 Å². The highest BCUT2D eigenvalue weighted by Gasteiger charge is 2.09. The van der Waals surface area contributed by atoms with Crippen molar-refractivity contribution in [1.82, 2.24) is 0 Å². The van der Waals surface area contributed by atoms with E-state index in [1.807, 2.05) is 0 Å². The standard InChI is InChI=1S/C10H20F2OS/c1-3-9(11)5-7-14(13)8-6-10(12)4-2/h9-10H,3-8H2,1-2H3. The summed E-state index contributed by atoms with van der Waals surface area (Å²) in [5.41, 5.74) is 0. The molecule has 0 heterocycles. The number of alkyl halides is 2. The van der Waals surface area contributed by atoms with Crippen LogP contribution in [0.2, 0.25) is 0 Å². The van der Waals surface area contributed by atoms with Crippen molar-refractivity contribution in [2.75, 3.05) is 11.5 Å². The van der Waals surface area contributed by atoms with E-state index in [0.29, 0.717) is 37.2 Å². The van der Waals surface area contributed by atoms with Crippen molar-refractivity contribution in [3.8, 4) is 0 Å². The number of hydrogen-bond acceptors (Lipinski definition) is 1. The zero-order valence-corrected chi connectivity index (χ0v) is 9.79. The molecule has 0 fully saturated rings. The molecule has 86 valence electrons. The van der Waals surface area contributed by atoms with Gasteiger partial charge in [-0.25, -0.2) is 8.78 Å². The minimum atomic E-state index is -1.04. The van der Waals surface area contributed by atoms with E-state index in [9.17, 15) is 13.0 Å². The molecule has 14 heavy (non-hydrogen) atoms. The van der Waals surface area contributed by atoms with Gasteiger partial charge in [-0.15, -0.1) is 0 Å². The van der Waals surface area contributed by atoms with Crippen molar-refractivity contribution in [1.29, 1.82) is 0 Å². The third-order valence-corrected chi connectivity index (χ3v) is 3.59. The van der Waals surface area contributed by atoms with Gasteiger partial charge in [0.1, 0.15) is 12.3 Å². The van der Waals surface area contributed by atoms with E-state index in [1.54, 1.807) is 13.8 Å². The van der Waals surface area contributed by atoms with Crippen LogP contribution in [0.1, 0.15) is 39.5 Å². The molecule has 0 aliphatic heterocycles. The van der Waals surface area contributed by atoms with Crippen LogP contribution in [-0.4, -0.2) is 28.1 Å². The lowest BCUT2D eigenvalue weighted by Gasteiger charge is -2.06. The molecule has 2 atom stereocenters. The molecular formula is C10H20F2OS. The summed E-state index contributed by atoms with van der Waals surface area (Å²) in [6.45, 7) is 3.53. The van der Waals surface area contributed by atoms with Gasteiger partial charge >= 0.3 is 0 Å². The Labute approximate surface area is 87.7 Å². The van der Waals surface area contributed by atoms with Crippen LogP contribution in [0.5, 0.6) is 0 Å². The summed E-state index contributed by atoms with van der Waals surface area (Å²) in [6.07, 6.45) is -0.0913. The Hall–Kier alpha value is 0.01000. The third kappa shape index (κ3) is 7.42. The van der Waals surface area contributed by atoms with E-state index >= 15 is 0 Å². The zero-order valence-electron chi connectivity index (χ0n) is 8.97. The van der Waals surface area contributed by atoms with Crippen LogP contribution in [0.15, 0.2) is 0 Å². The fraction of sp³-hybridized carbons (Fsp3) is 1.00. The second kappa shape index (κ2) is 8.33. The summed E-state index contributed by atoms with van der Waals surface area (Å²) in [5.74, 6) is 0.733. The summed E-state index contributed by atoms with van der Waals surface area (Å²) in [7, 11) is -1.04. The fourth-order valence-electron chi connectivity index (χ4n) is 1.03. The smallest absolute Gasteiger partial charge is 0.101 e. The predicted octanol–water partition coefficient (Wildman–Crippen LogP) is 3.01. The first kappa shape index (κ1) is 14.0. The molecule has 0 spiro atoms. The fourth-order valence-corrected chi connectivity index (χ4v) is 2.27. The van der Waals surface area contributed by atoms with Crippen LogP contribution in [0.3, 0.4) is 0 Å². The van der Waals surface area contributed by atoms with Crippen molar-refractivity contribution in [3.63, 3.8) is 0 Å². The first-order chi connectivity index (χ1) is 6.60. The third-order valence-electron chi connectivity index (χ3n) is 2.20. The Bertz CT molecular complexity index is 148. The molecule has 0 saturated heterocycles. The lowest BCUT2D eigenvalue weighted by Crippen LogP contribution is -2.11. The predicted molar refractivity (Wildman–Crippen MR) is 57.5 cm³/mol. The molecule has 0 aliphatic carbocycles. The maximum absolute atomic E-state index is 12.7. The molecule has 2 unspecified atom stereocenters. The molecule has 0 aromatic carbocycles. The van der Waals surface area contributed by atoms with Crippen molar-refractivity contribution < 1.29 is 13.0 Å². The van der Waals surface area contributed by atoms with Gasteiger partial charge < -0.3 is 0 Å². The number of rotatable bonds is 8. The topological polar surface area (TPSA) is 17.1 Å². The van der Waals surface area contributed by atoms with Crippen LogP contribution in [0.25, 0.3) is 0 Å². The molecule has 0 bridgehead atoms. The zero-order chi connectivity index (χ0) is 11.0. The lowest BCUT2D eigenvalue weighted by atomic mass is 10.2. The Balaban J connectivity index is 3.46. The Morgan fingerprint density at radius 2 is 1.36 bits per heavy atom. The molecular weight excluding hydrogens is 206 g/mol. The van der Waals surface area contributed by atoms with Gasteiger partial charge in [0, 0.05) is 22.3 Å². The summed E-state index contributed by atoms with van der Waals surface area (Å²) >= 11 is 0. The lowest BCUT2D eigenvalue weighted by molar-refractivity contribution is 0.314. The molecule has 0 saturated carbocycles. The van der Waals surface area contributed by atoms with E-state index in [0.717, 1.165) is 0 Å². The van der Waals surface area contributed by atoms with Gasteiger partial charge in [-0.2, -0.15) is 0 Å². The molecule has 0 amide bonds. The van der Waals surface area contributed by atoms with Gasteiger partial charge in [0.25, 0.3) is 0 Å². The monoisotopic (exact) mass is 226 g/mol. The van der Waals surface area contributed by atoms with Crippen LogP contribution >= 0.6 is 0 Å². The largest absolute Gasteiger partial charge is 0.260 e. The maximum atomic E-state index is 12.7. The number of halogens is 2. The minimum absolute atomic E-state index is 0.339. The quantitative estimate of drug-likeness (QED) is 0.622. The number of hydrogen-bond donors (Lipinski definition) is 0. The van der Waals surface area contributed by atoms with Crippen molar-refractivity contribution >= 4 is 10.8 Å². The second-order valence-electron chi connectivity index (χ2n) is 3.44. The molecule has 4 heteroatoms. The second-order valence-corrected chi connectivity index (χ2v) is 5.13. The Morgan fingerprint density at radius 1 is 1.00 bits per heavy atom. The van der Waals surface area contributed by atoms with Gasteiger partial charge in [0.2, 0.25) is 0 Å². The molecule has 0 rings (SSSR count). The van der Waals surface area contributed by atoms with Gasteiger partial charge in [0.05, 0.1) is 0 Å². The molecule has 1 nitrogen and oxygen atoms in total. The maximum Gasteiger partial charge on any atom is 0.101 e. The summed E-state index contributed by atoms with van der Waals surface area (Å²) in [5, 5.41) is 0. The van der Waals surface area contributed by atoms with Crippen LogP contribution in [-0.2, 0) is 10.8 Å². The normalized spacial score (nSPS) is 17.7. The van der Waals surface area contributed by atoms with Gasteiger partial charge in [-0.1, -0.05) is 13.8 Å². The summed E-state index contributed by atoms with van der Waals surface area (Å²) < 4.78 is 36.8. The summed E-state index contributed by atoms with van der Waals surface area (Å²) in [6, 6.07) is 0. The molecule has 0 radical (unpaired) electrons. The van der Waals surface area contributed by atoms with Gasteiger partial charge in [0.15, 0.2) is 0 Å². The van der Waals surface area contributed by atoms with Crippen molar-refractivity contribution in [2.24, 2.45) is 0 Å². The minimum Gasteiger partial charge on any atom is -0.260 e. The van der Waals surface area contributed by atoms with Crippen LogP contribution in [0, 0.1) is 0 Å². The van der Waals surface area contributed by atoms with E-state index in [-0.39, 0.29) is 0 Å². The Kier molecular flexibility index (Phi) is 8.34. The van der Waals surface area contributed by atoms with E-state index in [2.05, 4.69) is 0 Å². The van der Waals surface area contributed by atoms with Crippen LogP contribution in [0.4, 0.5) is 8.78 Å². The average molecular weight is 226 g/mol. The molecule has 0 aromatic rings. The highest BCUT2D eigenvalue weighted by atomic mass is 32.2. The van der Waals surface area contributed by atoms with Crippen molar-refractivity contribution in [2.45, 2.75) is 51.9 Å². The van der Waals surface area contributed by atoms with E-state index in [1.165, 1.54) is 0 Å². The molecule has 0 N–H and O–H groups in total. The van der Waals surface area contributed by atoms with E-state index in [4.69, 9.17) is 0 Å². The highest BCUT2D eigenvalue weighted by Crippen LogP contribution is 2.07. The average Bonchev–Trinajstić information content (AvgIpc) is 2.22. The SMILES string of the molecule is CCC(F)CCS(=O)CCC(F)CC. The highest BCUT2D eigenvalue weighted by molar-refractivity contribution is 7.84. The first-order valence-electron chi connectivity index (χ1n) is 5.23. The summed E-state index contributed by atoms with van der Waals surface area (Å²) in [4.78, 5) is 0. The van der Waals surface area contributed by atoms with Crippen molar-refractivity contribution in [3.05, 3.63) is 0 Å². The van der Waals surface area contributed by atoms with Crippen LogP contribution < -0.4 is 0 Å². The van der Waals surface area contributed by atoms with E-state index < -0.39 is 23.1 Å². The Morgan fingerprint density at radius 3 is 1.64 bits per heavy atom.